The first-order chi connectivity index (χ1) is 13.2. The van der Waals surface area contributed by atoms with Gasteiger partial charge < -0.3 is 21.1 Å². The number of unbranched alkanes of at least 4 members (excludes halogenated alkanes) is 1. The normalized spacial score (nSPS) is 17.9. The van der Waals surface area contributed by atoms with E-state index in [9.17, 15) is 9.59 Å². The topological polar surface area (TPSA) is 106 Å². The molecule has 7 nitrogen and oxygen atoms in total. The predicted octanol–water partition coefficient (Wildman–Crippen LogP) is 1.57. The molecule has 0 spiro atoms. The highest BCUT2D eigenvalue weighted by Crippen LogP contribution is 2.22. The number of carbonyl (C=O) groups is 2. The molecule has 0 aromatic carbocycles. The zero-order valence-corrected chi connectivity index (χ0v) is 16.5. The molecule has 0 radical (unpaired) electrons. The Morgan fingerprint density at radius 2 is 2.22 bits per heavy atom. The van der Waals surface area contributed by atoms with Crippen molar-refractivity contribution in [3.63, 3.8) is 0 Å². The van der Waals surface area contributed by atoms with Crippen molar-refractivity contribution in [2.24, 2.45) is 5.73 Å². The zero-order valence-electron chi connectivity index (χ0n) is 15.7. The van der Waals surface area contributed by atoms with Gasteiger partial charge in [-0.2, -0.15) is 0 Å². The molecule has 0 saturated carbocycles. The van der Waals surface area contributed by atoms with Crippen molar-refractivity contribution in [3.8, 4) is 0 Å². The van der Waals surface area contributed by atoms with Crippen LogP contribution in [0.2, 0.25) is 0 Å². The van der Waals surface area contributed by atoms with Crippen LogP contribution in [-0.4, -0.2) is 47.2 Å². The van der Waals surface area contributed by atoms with E-state index in [1.54, 1.807) is 6.20 Å². The molecule has 0 aliphatic carbocycles. The molecule has 2 amide bonds. The number of hydrogen-bond donors (Lipinski definition) is 3. The second-order valence-electron chi connectivity index (χ2n) is 6.55. The van der Waals surface area contributed by atoms with Gasteiger partial charge in [-0.3, -0.25) is 14.6 Å². The van der Waals surface area contributed by atoms with E-state index in [0.717, 1.165) is 44.4 Å². The minimum atomic E-state index is -0.555. The lowest BCUT2D eigenvalue weighted by molar-refractivity contribution is -0.128. The standard InChI is InChI=1S/C19H30N4O3S/c20-10-4-1-8-16(19(25)22-13-15-7-2-5-11-21-15)23-17(24)14-27-18-9-3-6-12-26-18/h2,5,7,11,16,18H,1,3-4,6,8-10,12-14,20H2,(H,22,25)(H,23,24). The van der Waals surface area contributed by atoms with E-state index in [-0.39, 0.29) is 17.3 Å². The molecule has 8 heteroatoms. The number of nitrogens with one attached hydrogen (secondary N) is 2. The van der Waals surface area contributed by atoms with Crippen molar-refractivity contribution in [2.75, 3.05) is 18.9 Å². The quantitative estimate of drug-likeness (QED) is 0.492. The van der Waals surface area contributed by atoms with E-state index in [1.165, 1.54) is 11.8 Å². The van der Waals surface area contributed by atoms with Gasteiger partial charge in [0.05, 0.1) is 18.0 Å². The van der Waals surface area contributed by atoms with E-state index in [0.29, 0.717) is 25.3 Å². The molecule has 1 aliphatic heterocycles. The largest absolute Gasteiger partial charge is 0.368 e. The molecular formula is C19H30N4O3S. The van der Waals surface area contributed by atoms with Gasteiger partial charge in [0.25, 0.3) is 0 Å². The second kappa shape index (κ2) is 12.7. The molecule has 2 heterocycles. The third-order valence-electron chi connectivity index (χ3n) is 4.31. The Morgan fingerprint density at radius 1 is 1.33 bits per heavy atom. The lowest BCUT2D eigenvalue weighted by atomic mass is 10.1. The number of aromatic nitrogens is 1. The van der Waals surface area contributed by atoms with Crippen LogP contribution in [0.3, 0.4) is 0 Å². The van der Waals surface area contributed by atoms with Crippen LogP contribution in [0, 0.1) is 0 Å². The summed E-state index contributed by atoms with van der Waals surface area (Å²) in [4.78, 5) is 29.0. The van der Waals surface area contributed by atoms with Crippen LogP contribution in [-0.2, 0) is 20.9 Å². The summed E-state index contributed by atoms with van der Waals surface area (Å²) in [5, 5.41) is 5.72. The van der Waals surface area contributed by atoms with Crippen LogP contribution in [0.4, 0.5) is 0 Å². The van der Waals surface area contributed by atoms with Crippen LogP contribution in [0.15, 0.2) is 24.4 Å². The van der Waals surface area contributed by atoms with Crippen LogP contribution in [0.5, 0.6) is 0 Å². The monoisotopic (exact) mass is 394 g/mol. The van der Waals surface area contributed by atoms with Gasteiger partial charge in [-0.1, -0.05) is 6.07 Å². The third kappa shape index (κ3) is 8.73. The van der Waals surface area contributed by atoms with Crippen LogP contribution >= 0.6 is 11.8 Å². The maximum absolute atomic E-state index is 12.5. The van der Waals surface area contributed by atoms with Crippen LogP contribution < -0.4 is 16.4 Å². The van der Waals surface area contributed by atoms with Crippen molar-refractivity contribution in [1.82, 2.24) is 15.6 Å². The summed E-state index contributed by atoms with van der Waals surface area (Å²) in [7, 11) is 0. The van der Waals surface area contributed by atoms with E-state index >= 15 is 0 Å². The molecule has 1 aromatic heterocycles. The van der Waals surface area contributed by atoms with Crippen LogP contribution in [0.25, 0.3) is 0 Å². The fraction of sp³-hybridized carbons (Fsp3) is 0.632. The molecule has 2 unspecified atom stereocenters. The number of rotatable bonds is 11. The Kier molecular flexibility index (Phi) is 10.2. The average Bonchev–Trinajstić information content (AvgIpc) is 2.71. The van der Waals surface area contributed by atoms with E-state index < -0.39 is 6.04 Å². The number of nitrogens with two attached hydrogens (primary N) is 1. The molecule has 27 heavy (non-hydrogen) atoms. The average molecular weight is 395 g/mol. The van der Waals surface area contributed by atoms with Gasteiger partial charge >= 0.3 is 0 Å². The summed E-state index contributed by atoms with van der Waals surface area (Å²) in [6.07, 6.45) is 7.07. The molecule has 4 N–H and O–H groups in total. The van der Waals surface area contributed by atoms with Crippen LogP contribution in [0.1, 0.15) is 44.2 Å². The van der Waals surface area contributed by atoms with Crippen molar-refractivity contribution >= 4 is 23.6 Å². The number of amides is 2. The summed E-state index contributed by atoms with van der Waals surface area (Å²) in [6.45, 7) is 1.68. The fourth-order valence-electron chi connectivity index (χ4n) is 2.81. The molecule has 0 bridgehead atoms. The highest BCUT2D eigenvalue weighted by atomic mass is 32.2. The van der Waals surface area contributed by atoms with Gasteiger partial charge in [-0.05, 0) is 57.2 Å². The van der Waals surface area contributed by atoms with Crippen molar-refractivity contribution < 1.29 is 14.3 Å². The number of nitrogens with zero attached hydrogens (tertiary/aromatic N) is 1. The fourth-order valence-corrected chi connectivity index (χ4v) is 3.76. The molecule has 1 aromatic rings. The number of thioether (sulfide) groups is 1. The molecule has 1 aliphatic rings. The van der Waals surface area contributed by atoms with Gasteiger partial charge in [0, 0.05) is 12.8 Å². The van der Waals surface area contributed by atoms with Gasteiger partial charge in [0.15, 0.2) is 0 Å². The first kappa shape index (κ1) is 21.7. The molecule has 1 saturated heterocycles. The predicted molar refractivity (Wildman–Crippen MR) is 107 cm³/mol. The highest BCUT2D eigenvalue weighted by molar-refractivity contribution is 8.00. The minimum Gasteiger partial charge on any atom is -0.368 e. The van der Waals surface area contributed by atoms with E-state index in [4.69, 9.17) is 10.5 Å². The van der Waals surface area contributed by atoms with E-state index in [2.05, 4.69) is 15.6 Å². The van der Waals surface area contributed by atoms with Crippen molar-refractivity contribution in [2.45, 2.75) is 56.5 Å². The maximum Gasteiger partial charge on any atom is 0.242 e. The number of carbonyl (C=O) groups excluding carboxylic acids is 2. The third-order valence-corrected chi connectivity index (χ3v) is 5.48. The van der Waals surface area contributed by atoms with Gasteiger partial charge in [0.2, 0.25) is 11.8 Å². The SMILES string of the molecule is NCCCCC(NC(=O)CSC1CCCCO1)C(=O)NCc1ccccn1. The number of ether oxygens (including phenoxy) is 1. The summed E-state index contributed by atoms with van der Waals surface area (Å²) in [6, 6.07) is 5.00. The lowest BCUT2D eigenvalue weighted by Crippen LogP contribution is -2.47. The Labute approximate surface area is 165 Å². The van der Waals surface area contributed by atoms with Gasteiger partial charge in [-0.15, -0.1) is 11.8 Å². The first-order valence-electron chi connectivity index (χ1n) is 9.59. The summed E-state index contributed by atoms with van der Waals surface area (Å²) in [5.41, 5.74) is 6.41. The van der Waals surface area contributed by atoms with Crippen molar-refractivity contribution in [1.29, 1.82) is 0 Å². The number of hydrogen-bond acceptors (Lipinski definition) is 6. The lowest BCUT2D eigenvalue weighted by Gasteiger charge is -2.22. The van der Waals surface area contributed by atoms with E-state index in [1.807, 2.05) is 18.2 Å². The Balaban J connectivity index is 1.79. The highest BCUT2D eigenvalue weighted by Gasteiger charge is 2.22. The molecular weight excluding hydrogens is 364 g/mol. The van der Waals surface area contributed by atoms with Gasteiger partial charge in [0.1, 0.15) is 11.5 Å². The van der Waals surface area contributed by atoms with Gasteiger partial charge in [-0.25, -0.2) is 0 Å². The molecule has 150 valence electrons. The summed E-state index contributed by atoms with van der Waals surface area (Å²) < 4.78 is 5.63. The Hall–Kier alpha value is -1.64. The molecule has 2 rings (SSSR count). The smallest absolute Gasteiger partial charge is 0.242 e. The molecule has 1 fully saturated rings. The molecule has 2 atom stereocenters. The Bertz CT molecular complexity index is 567. The zero-order chi connectivity index (χ0) is 19.3. The maximum atomic E-state index is 12.5. The minimum absolute atomic E-state index is 0.0816. The van der Waals surface area contributed by atoms with Crippen molar-refractivity contribution in [3.05, 3.63) is 30.1 Å². The number of pyridine rings is 1. The second-order valence-corrected chi connectivity index (χ2v) is 7.70. The summed E-state index contributed by atoms with van der Waals surface area (Å²) in [5.74, 6) is -0.0316. The first-order valence-corrected chi connectivity index (χ1v) is 10.6. The summed E-state index contributed by atoms with van der Waals surface area (Å²) >= 11 is 1.50. The Morgan fingerprint density at radius 3 is 2.93 bits per heavy atom.